The van der Waals surface area contributed by atoms with Crippen LogP contribution in [0.15, 0.2) is 30.5 Å². The summed E-state index contributed by atoms with van der Waals surface area (Å²) in [6.45, 7) is 3.08. The van der Waals surface area contributed by atoms with Crippen molar-refractivity contribution < 1.29 is 9.90 Å². The Morgan fingerprint density at radius 1 is 1.43 bits per heavy atom. The third-order valence-electron chi connectivity index (χ3n) is 3.39. The molecule has 2 rings (SSSR count). The van der Waals surface area contributed by atoms with Crippen LogP contribution in [0, 0.1) is 0 Å². The zero-order valence-electron chi connectivity index (χ0n) is 12.5. The standard InChI is InChI=1S/C16H21N3O2/c1-3-4-6-11-18(2)16-13(9-10-15(20)21)19-12-7-5-8-14(19)17-16/h5,7-10,12H,3-4,6,11H2,1-2H3,(H,20,21)/b10-9+. The van der Waals surface area contributed by atoms with Gasteiger partial charge < -0.3 is 10.0 Å². The van der Waals surface area contributed by atoms with E-state index in [0.717, 1.165) is 36.2 Å². The maximum Gasteiger partial charge on any atom is 0.328 e. The second kappa shape index (κ2) is 6.92. The molecule has 0 atom stereocenters. The lowest BCUT2D eigenvalue weighted by Crippen LogP contribution is -2.19. The van der Waals surface area contributed by atoms with Gasteiger partial charge in [0.25, 0.3) is 0 Å². The number of aliphatic carboxylic acids is 1. The molecule has 5 nitrogen and oxygen atoms in total. The summed E-state index contributed by atoms with van der Waals surface area (Å²) in [4.78, 5) is 17.5. The quantitative estimate of drug-likeness (QED) is 0.628. The zero-order valence-corrected chi connectivity index (χ0v) is 12.5. The maximum atomic E-state index is 10.8. The third-order valence-corrected chi connectivity index (χ3v) is 3.39. The Labute approximate surface area is 124 Å². The van der Waals surface area contributed by atoms with E-state index in [1.807, 2.05) is 35.8 Å². The minimum atomic E-state index is -0.958. The SMILES string of the molecule is CCCCCN(C)c1nc2ccccn2c1/C=C/C(=O)O. The summed E-state index contributed by atoms with van der Waals surface area (Å²) in [6, 6.07) is 5.75. The fourth-order valence-electron chi connectivity index (χ4n) is 2.29. The van der Waals surface area contributed by atoms with E-state index in [0.29, 0.717) is 0 Å². The van der Waals surface area contributed by atoms with Gasteiger partial charge in [0, 0.05) is 25.9 Å². The van der Waals surface area contributed by atoms with E-state index in [2.05, 4.69) is 16.8 Å². The fourth-order valence-corrected chi connectivity index (χ4v) is 2.29. The summed E-state index contributed by atoms with van der Waals surface area (Å²) in [6.07, 6.45) is 8.10. The van der Waals surface area contributed by atoms with Gasteiger partial charge in [-0.3, -0.25) is 4.40 Å². The van der Waals surface area contributed by atoms with Crippen molar-refractivity contribution in [2.45, 2.75) is 26.2 Å². The number of pyridine rings is 1. The number of carbonyl (C=O) groups is 1. The number of carboxylic acids is 1. The summed E-state index contributed by atoms with van der Waals surface area (Å²) >= 11 is 0. The Balaban J connectivity index is 2.36. The minimum absolute atomic E-state index is 0.798. The van der Waals surface area contributed by atoms with Gasteiger partial charge in [0.1, 0.15) is 5.65 Å². The van der Waals surface area contributed by atoms with Gasteiger partial charge in [0.15, 0.2) is 5.82 Å². The van der Waals surface area contributed by atoms with Crippen molar-refractivity contribution >= 4 is 23.5 Å². The number of rotatable bonds is 7. The van der Waals surface area contributed by atoms with Crippen molar-refractivity contribution in [2.75, 3.05) is 18.5 Å². The van der Waals surface area contributed by atoms with Gasteiger partial charge in [0.05, 0.1) is 5.69 Å². The van der Waals surface area contributed by atoms with Crippen LogP contribution in [0.25, 0.3) is 11.7 Å². The Bertz CT molecular complexity index is 646. The number of carboxylic acid groups (broad SMARTS) is 1. The normalized spacial score (nSPS) is 11.3. The topological polar surface area (TPSA) is 57.8 Å². The number of hydrogen-bond acceptors (Lipinski definition) is 3. The zero-order chi connectivity index (χ0) is 15.2. The third kappa shape index (κ3) is 3.62. The van der Waals surface area contributed by atoms with Crippen molar-refractivity contribution in [3.63, 3.8) is 0 Å². The van der Waals surface area contributed by atoms with Crippen LogP contribution in [0.4, 0.5) is 5.82 Å². The molecule has 2 aromatic heterocycles. The van der Waals surface area contributed by atoms with Crippen LogP contribution >= 0.6 is 0 Å². The molecule has 0 bridgehead atoms. The number of nitrogens with zero attached hydrogens (tertiary/aromatic N) is 3. The van der Waals surface area contributed by atoms with Crippen LogP contribution in [0.3, 0.4) is 0 Å². The smallest absolute Gasteiger partial charge is 0.328 e. The van der Waals surface area contributed by atoms with Crippen molar-refractivity contribution in [1.29, 1.82) is 0 Å². The molecule has 0 aliphatic heterocycles. The summed E-state index contributed by atoms with van der Waals surface area (Å²) in [5, 5.41) is 8.86. The van der Waals surface area contributed by atoms with Gasteiger partial charge in [0.2, 0.25) is 0 Å². The molecule has 0 unspecified atom stereocenters. The molecule has 0 spiro atoms. The highest BCUT2D eigenvalue weighted by Gasteiger charge is 2.13. The van der Waals surface area contributed by atoms with E-state index in [1.165, 1.54) is 12.8 Å². The molecule has 5 heteroatoms. The van der Waals surface area contributed by atoms with Crippen LogP contribution < -0.4 is 4.90 Å². The number of hydrogen-bond donors (Lipinski definition) is 1. The van der Waals surface area contributed by atoms with Crippen molar-refractivity contribution in [2.24, 2.45) is 0 Å². The van der Waals surface area contributed by atoms with Crippen molar-refractivity contribution in [3.8, 4) is 0 Å². The molecule has 0 radical (unpaired) electrons. The van der Waals surface area contributed by atoms with E-state index in [1.54, 1.807) is 6.08 Å². The average Bonchev–Trinajstić information content (AvgIpc) is 2.84. The highest BCUT2D eigenvalue weighted by molar-refractivity contribution is 5.86. The average molecular weight is 287 g/mol. The lowest BCUT2D eigenvalue weighted by molar-refractivity contribution is -0.131. The second-order valence-corrected chi connectivity index (χ2v) is 5.05. The first kappa shape index (κ1) is 15.1. The first-order valence-electron chi connectivity index (χ1n) is 7.22. The highest BCUT2D eigenvalue weighted by Crippen LogP contribution is 2.22. The van der Waals surface area contributed by atoms with Gasteiger partial charge in [-0.1, -0.05) is 25.8 Å². The van der Waals surface area contributed by atoms with Crippen molar-refractivity contribution in [3.05, 3.63) is 36.2 Å². The lowest BCUT2D eigenvalue weighted by atomic mass is 10.2. The molecule has 112 valence electrons. The Morgan fingerprint density at radius 3 is 2.95 bits per heavy atom. The number of fused-ring (bicyclic) bond motifs is 1. The predicted molar refractivity (Wildman–Crippen MR) is 84.7 cm³/mol. The molecule has 0 saturated carbocycles. The molecule has 0 amide bonds. The molecule has 0 saturated heterocycles. The van der Waals surface area contributed by atoms with Gasteiger partial charge in [-0.15, -0.1) is 0 Å². The monoisotopic (exact) mass is 287 g/mol. The number of imidazole rings is 1. The van der Waals surface area contributed by atoms with Crippen LogP contribution in [-0.2, 0) is 4.79 Å². The highest BCUT2D eigenvalue weighted by atomic mass is 16.4. The molecule has 2 aromatic rings. The summed E-state index contributed by atoms with van der Waals surface area (Å²) in [5.41, 5.74) is 1.62. The molecule has 21 heavy (non-hydrogen) atoms. The van der Waals surface area contributed by atoms with E-state index < -0.39 is 5.97 Å². The minimum Gasteiger partial charge on any atom is -0.478 e. The Morgan fingerprint density at radius 2 is 2.24 bits per heavy atom. The molecule has 0 aliphatic rings. The fraction of sp³-hybridized carbons (Fsp3) is 0.375. The van der Waals surface area contributed by atoms with Crippen LogP contribution in [0.2, 0.25) is 0 Å². The summed E-state index contributed by atoms with van der Waals surface area (Å²) in [5.74, 6) is -0.143. The molecular weight excluding hydrogens is 266 g/mol. The molecule has 0 aromatic carbocycles. The molecule has 0 aliphatic carbocycles. The van der Waals surface area contributed by atoms with Gasteiger partial charge >= 0.3 is 5.97 Å². The molecule has 1 N–H and O–H groups in total. The molecular formula is C16H21N3O2. The Hall–Kier alpha value is -2.30. The largest absolute Gasteiger partial charge is 0.478 e. The first-order chi connectivity index (χ1) is 10.1. The maximum absolute atomic E-state index is 10.8. The molecule has 0 fully saturated rings. The van der Waals surface area contributed by atoms with E-state index in [-0.39, 0.29) is 0 Å². The molecule has 2 heterocycles. The number of unbranched alkanes of at least 4 members (excludes halogenated alkanes) is 2. The van der Waals surface area contributed by atoms with Gasteiger partial charge in [-0.25, -0.2) is 9.78 Å². The van der Waals surface area contributed by atoms with E-state index in [4.69, 9.17) is 5.11 Å². The summed E-state index contributed by atoms with van der Waals surface area (Å²) in [7, 11) is 2.00. The summed E-state index contributed by atoms with van der Waals surface area (Å²) < 4.78 is 1.91. The van der Waals surface area contributed by atoms with Crippen LogP contribution in [0.1, 0.15) is 31.9 Å². The predicted octanol–water partition coefficient (Wildman–Crippen LogP) is 3.06. The first-order valence-corrected chi connectivity index (χ1v) is 7.22. The number of aromatic nitrogens is 2. The number of anilines is 1. The van der Waals surface area contributed by atoms with E-state index >= 15 is 0 Å². The van der Waals surface area contributed by atoms with Crippen molar-refractivity contribution in [1.82, 2.24) is 9.38 Å². The van der Waals surface area contributed by atoms with Gasteiger partial charge in [-0.2, -0.15) is 0 Å². The van der Waals surface area contributed by atoms with Crippen LogP contribution in [-0.4, -0.2) is 34.1 Å². The Kier molecular flexibility index (Phi) is 4.98. The lowest BCUT2D eigenvalue weighted by Gasteiger charge is -2.17. The second-order valence-electron chi connectivity index (χ2n) is 5.05. The van der Waals surface area contributed by atoms with E-state index in [9.17, 15) is 4.79 Å². The van der Waals surface area contributed by atoms with Gasteiger partial charge in [-0.05, 0) is 24.6 Å². The van der Waals surface area contributed by atoms with Crippen LogP contribution in [0.5, 0.6) is 0 Å².